The van der Waals surface area contributed by atoms with Gasteiger partial charge in [-0.05, 0) is 24.2 Å². The lowest BCUT2D eigenvalue weighted by Gasteiger charge is -2.59. The molecule has 2 nitrogen and oxygen atoms in total. The van der Waals surface area contributed by atoms with Crippen molar-refractivity contribution in [2.45, 2.75) is 79.6 Å². The summed E-state index contributed by atoms with van der Waals surface area (Å²) in [6.07, 6.45) is 0. The molecule has 0 saturated carbocycles. The maximum absolute atomic E-state index is 4.52. The molecule has 0 aliphatic heterocycles. The van der Waals surface area contributed by atoms with Crippen molar-refractivity contribution in [3.8, 4) is 0 Å². The van der Waals surface area contributed by atoms with E-state index < -0.39 is 23.0 Å². The van der Waals surface area contributed by atoms with E-state index >= 15 is 0 Å². The Hall–Kier alpha value is 5.80. The Labute approximate surface area is 260 Å². The molecular formula is C12H28Br10N2Si5. The molecular weight excluding hydrogens is 1110 g/mol. The van der Waals surface area contributed by atoms with Crippen molar-refractivity contribution in [2.24, 2.45) is 0 Å². The molecule has 0 amide bonds. The summed E-state index contributed by atoms with van der Waals surface area (Å²) >= 11 is 42.2. The fraction of sp³-hybridized carbons (Fsp3) is 1.00. The van der Waals surface area contributed by atoms with Crippen LogP contribution in [0.5, 0.6) is 0 Å². The van der Waals surface area contributed by atoms with Gasteiger partial charge in [0.05, 0.1) is 0 Å². The quantitative estimate of drug-likeness (QED) is 0.159. The van der Waals surface area contributed by atoms with E-state index in [9.17, 15) is 0 Å². The molecule has 0 unspecified atom stereocenters. The van der Waals surface area contributed by atoms with E-state index in [1.54, 1.807) is 0 Å². The largest absolute Gasteiger partial charge is 0.300 e. The molecule has 0 aromatic heterocycles. The second-order valence-corrected chi connectivity index (χ2v) is 127. The molecule has 0 bridgehead atoms. The van der Waals surface area contributed by atoms with E-state index in [1.165, 1.54) is 0 Å². The highest BCUT2D eigenvalue weighted by molar-refractivity contribution is 9.86. The maximum Gasteiger partial charge on any atom is 0.289 e. The molecule has 0 aromatic carbocycles. The average Bonchev–Trinajstić information content (AvgIpc) is 2.43. The van der Waals surface area contributed by atoms with Gasteiger partial charge < -0.3 is 0 Å². The first kappa shape index (κ1) is 34.8. The highest BCUT2D eigenvalue weighted by Crippen LogP contribution is 2.62. The lowest BCUT2D eigenvalue weighted by molar-refractivity contribution is 0.228. The zero-order valence-electron chi connectivity index (χ0n) is 17.5. The number of hydrogen-bond acceptors (Lipinski definition) is 2. The second kappa shape index (κ2) is 12.6. The topological polar surface area (TPSA) is 6.48 Å². The number of hydrogen-bond donors (Lipinski definition) is 0. The van der Waals surface area contributed by atoms with Gasteiger partial charge in [-0.25, -0.2) is 0 Å². The summed E-state index contributed by atoms with van der Waals surface area (Å²) in [5.41, 5.74) is 0. The molecule has 29 heavy (non-hydrogen) atoms. The molecule has 0 heterocycles. The minimum Gasteiger partial charge on any atom is -0.300 e. The number of rotatable bonds is 10. The zero-order valence-corrected chi connectivity index (χ0v) is 38.3. The van der Waals surface area contributed by atoms with Crippen LogP contribution in [0.1, 0.15) is 55.4 Å². The lowest BCUT2D eigenvalue weighted by atomic mass is 10.3. The summed E-state index contributed by atoms with van der Waals surface area (Å²) < 4.78 is -3.51. The third-order valence-electron chi connectivity index (χ3n) is 4.45. The summed E-state index contributed by atoms with van der Waals surface area (Å²) in [7, 11) is 0. The summed E-state index contributed by atoms with van der Waals surface area (Å²) in [6.45, 7) is 16.0. The van der Waals surface area contributed by atoms with E-state index in [0.717, 1.165) is 0 Å². The van der Waals surface area contributed by atoms with Gasteiger partial charge in [0.15, 0.2) is 0 Å². The Kier molecular flexibility index (Phi) is 15.1. The zero-order chi connectivity index (χ0) is 24.0. The van der Waals surface area contributed by atoms with Gasteiger partial charge >= 0.3 is 0 Å². The van der Waals surface area contributed by atoms with Crippen LogP contribution >= 0.6 is 153 Å². The molecule has 0 aliphatic rings. The lowest BCUT2D eigenvalue weighted by Crippen LogP contribution is -2.86. The summed E-state index contributed by atoms with van der Waals surface area (Å²) in [5, 5.41) is 0. The summed E-state index contributed by atoms with van der Waals surface area (Å²) in [6, 6.07) is 1.59. The SMILES string of the molecule is CC(C)N(C(C)C)[Si](Br)(N(C(C)C)C(C)C)[Si](Br)(Br)[Si](Br)(Br)[Si](Br)(Br)[Si](Br)(Br)Br. The smallest absolute Gasteiger partial charge is 0.289 e. The third kappa shape index (κ3) is 7.02. The molecule has 176 valence electrons. The first-order valence-electron chi connectivity index (χ1n) is 8.99. The van der Waals surface area contributed by atoms with E-state index in [-0.39, 0.29) is 0 Å². The first-order chi connectivity index (χ1) is 12.5. The predicted molar refractivity (Wildman–Crippen MR) is 182 cm³/mol. The van der Waals surface area contributed by atoms with E-state index in [2.05, 4.69) is 217 Å². The van der Waals surface area contributed by atoms with Crippen molar-refractivity contribution in [3.63, 3.8) is 0 Å². The molecule has 17 heteroatoms. The van der Waals surface area contributed by atoms with Gasteiger partial charge in [0.2, 0.25) is 8.70 Å². The van der Waals surface area contributed by atoms with Crippen molar-refractivity contribution >= 4 is 176 Å². The number of nitrogens with zero attached hydrogens (tertiary/aromatic N) is 2. The molecule has 0 aromatic rings. The van der Waals surface area contributed by atoms with Gasteiger partial charge in [-0.15, -0.1) is 91.8 Å². The van der Waals surface area contributed by atoms with Crippen LogP contribution in [-0.2, 0) is 0 Å². The van der Waals surface area contributed by atoms with Crippen LogP contribution in [0.25, 0.3) is 0 Å². The van der Waals surface area contributed by atoms with Crippen LogP contribution in [0.2, 0.25) is 0 Å². The Morgan fingerprint density at radius 2 is 0.655 bits per heavy atom. The highest BCUT2D eigenvalue weighted by atomic mass is 80.0. The van der Waals surface area contributed by atoms with Crippen LogP contribution in [-0.4, -0.2) is 56.3 Å². The van der Waals surface area contributed by atoms with Crippen LogP contribution in [0.15, 0.2) is 0 Å². The normalized spacial score (nSPS) is 15.7. The molecule has 0 saturated heterocycles. The Morgan fingerprint density at radius 3 is 0.828 bits per heavy atom. The molecule has 0 spiro atoms. The van der Waals surface area contributed by atoms with E-state index in [0.29, 0.717) is 24.2 Å². The molecule has 0 N–H and O–H groups in total. The molecule has 0 rings (SSSR count). The summed E-state index contributed by atoms with van der Waals surface area (Å²) in [5.74, 6) is 0. The fourth-order valence-corrected chi connectivity index (χ4v) is 286. The molecule has 0 radical (unpaired) electrons. The van der Waals surface area contributed by atoms with Gasteiger partial charge in [-0.3, -0.25) is 9.13 Å². The van der Waals surface area contributed by atoms with E-state index in [4.69, 9.17) is 0 Å². The monoisotopic (exact) mass is 1130 g/mol. The summed E-state index contributed by atoms with van der Waals surface area (Å²) in [4.78, 5) is 0. The predicted octanol–water partition coefficient (Wildman–Crippen LogP) is 9.69. The Balaban J connectivity index is 7.22. The highest BCUT2D eigenvalue weighted by Gasteiger charge is 2.79. The van der Waals surface area contributed by atoms with Gasteiger partial charge in [0, 0.05) is 0 Å². The fourth-order valence-electron chi connectivity index (χ4n) is 3.59. The van der Waals surface area contributed by atoms with Gasteiger partial charge in [-0.1, -0.05) is 117 Å². The first-order valence-corrected chi connectivity index (χ1v) is 45.5. The molecule has 0 fully saturated rings. The van der Waals surface area contributed by atoms with Crippen molar-refractivity contribution in [3.05, 3.63) is 0 Å². The van der Waals surface area contributed by atoms with Crippen LogP contribution in [0.3, 0.4) is 0 Å². The minimum atomic E-state index is -2.46. The third-order valence-corrected chi connectivity index (χ3v) is 250. The van der Waals surface area contributed by atoms with Crippen LogP contribution in [0, 0.1) is 0 Å². The van der Waals surface area contributed by atoms with Gasteiger partial charge in [0.25, 0.3) is 14.3 Å². The average molecular weight is 1140 g/mol. The molecule has 0 atom stereocenters. The van der Waals surface area contributed by atoms with Crippen molar-refractivity contribution in [2.75, 3.05) is 0 Å². The van der Waals surface area contributed by atoms with Crippen LogP contribution in [0.4, 0.5) is 0 Å². The van der Waals surface area contributed by atoms with Crippen LogP contribution < -0.4 is 0 Å². The standard InChI is InChI=1S/C12H28Br10N2Si5/c1-9(2)23(10(3)4)29(22,24(11(5)6)12(7)8)28(20,21)27(18,19)26(16,17)25(13,14)15/h9-12H,1-8H3. The Bertz CT molecular complexity index is 520. The van der Waals surface area contributed by atoms with E-state index in [1.807, 2.05) is 0 Å². The molecule has 0 aliphatic carbocycles. The number of halogens is 10. The second-order valence-electron chi connectivity index (χ2n) is 8.00. The van der Waals surface area contributed by atoms with Gasteiger partial charge in [-0.2, -0.15) is 0 Å². The van der Waals surface area contributed by atoms with Crippen molar-refractivity contribution in [1.82, 2.24) is 9.13 Å². The van der Waals surface area contributed by atoms with Crippen molar-refractivity contribution < 1.29 is 0 Å². The maximum atomic E-state index is 4.52. The Morgan fingerprint density at radius 1 is 0.414 bits per heavy atom. The van der Waals surface area contributed by atoms with Gasteiger partial charge in [0.1, 0.15) is 0 Å². The van der Waals surface area contributed by atoms with Crippen molar-refractivity contribution in [1.29, 1.82) is 0 Å². The minimum absolute atomic E-state index is 0.397.